The first-order valence-corrected chi connectivity index (χ1v) is 7.13. The predicted molar refractivity (Wildman–Crippen MR) is 74.6 cm³/mol. The highest BCUT2D eigenvalue weighted by Gasteiger charge is 2.34. The minimum Gasteiger partial charge on any atom is -0.341 e. The smallest absolute Gasteiger partial charge is 0.341 e. The molecule has 0 unspecified atom stereocenters. The van der Waals surface area contributed by atoms with Crippen molar-refractivity contribution in [2.45, 2.75) is 6.18 Å². The van der Waals surface area contributed by atoms with Crippen LogP contribution in [0.15, 0.2) is 18.2 Å². The molecule has 1 aromatic rings. The van der Waals surface area contributed by atoms with Crippen LogP contribution in [0, 0.1) is 0 Å². The van der Waals surface area contributed by atoms with Crippen molar-refractivity contribution in [2.75, 3.05) is 31.0 Å². The van der Waals surface area contributed by atoms with Crippen LogP contribution in [0.5, 0.6) is 0 Å². The van der Waals surface area contributed by atoms with Crippen LogP contribution in [0.2, 0.25) is 0 Å². The minimum absolute atomic E-state index is 0.0140. The molecule has 0 spiro atoms. The molecular weight excluding hydrogens is 291 g/mol. The van der Waals surface area contributed by atoms with Crippen molar-refractivity contribution in [1.29, 1.82) is 0 Å². The molecule has 0 heterocycles. The summed E-state index contributed by atoms with van der Waals surface area (Å²) in [4.78, 5) is 13.4. The Morgan fingerprint density at radius 2 is 2.10 bits per heavy atom. The fourth-order valence-electron chi connectivity index (χ4n) is 1.59. The molecule has 8 heteroatoms. The molecule has 20 heavy (non-hydrogen) atoms. The number of hydrogen-bond donors (Lipinski definition) is 2. The fourth-order valence-corrected chi connectivity index (χ4v) is 2.04. The molecule has 0 bridgehead atoms. The number of amides is 1. The van der Waals surface area contributed by atoms with Gasteiger partial charge in [-0.1, -0.05) is 0 Å². The van der Waals surface area contributed by atoms with Crippen molar-refractivity contribution in [3.63, 3.8) is 0 Å². The molecule has 0 saturated carbocycles. The largest absolute Gasteiger partial charge is 0.418 e. The van der Waals surface area contributed by atoms with E-state index in [9.17, 15) is 18.0 Å². The predicted octanol–water partition coefficient (Wildman–Crippen LogP) is 2.43. The summed E-state index contributed by atoms with van der Waals surface area (Å²) in [5.41, 5.74) is 0.752. The highest BCUT2D eigenvalue weighted by Crippen LogP contribution is 2.35. The molecule has 1 amide bonds. The number of anilines is 1. The summed E-state index contributed by atoms with van der Waals surface area (Å²) >= 11 is 1.56. The van der Waals surface area contributed by atoms with E-state index in [0.717, 1.165) is 17.9 Å². The number of hydrazine groups is 1. The number of hydrogen-bond acceptors (Lipinski definition) is 4. The summed E-state index contributed by atoms with van der Waals surface area (Å²) in [7, 11) is 1.56. The molecular formula is C12H16F3N3OS. The molecule has 0 aliphatic rings. The average Bonchev–Trinajstić information content (AvgIpc) is 2.42. The number of carbonyl (C=O) groups is 1. The summed E-state index contributed by atoms with van der Waals surface area (Å²) in [6.45, 7) is 0.470. The van der Waals surface area contributed by atoms with Gasteiger partial charge in [0.1, 0.15) is 0 Å². The van der Waals surface area contributed by atoms with E-state index in [1.165, 1.54) is 11.0 Å². The first kappa shape index (κ1) is 16.6. The number of carbonyl (C=O) groups excluding carboxylic acids is 1. The highest BCUT2D eigenvalue weighted by atomic mass is 32.2. The van der Waals surface area contributed by atoms with E-state index < -0.39 is 17.6 Å². The van der Waals surface area contributed by atoms with Gasteiger partial charge in [-0.05, 0) is 24.5 Å². The topological polar surface area (TPSA) is 58.4 Å². The Labute approximate surface area is 119 Å². The molecule has 0 radical (unpaired) electrons. The highest BCUT2D eigenvalue weighted by molar-refractivity contribution is 7.98. The maximum atomic E-state index is 12.9. The van der Waals surface area contributed by atoms with Gasteiger partial charge < -0.3 is 10.3 Å². The second-order valence-corrected chi connectivity index (χ2v) is 5.11. The molecule has 1 aromatic carbocycles. The number of alkyl halides is 3. The standard InChI is InChI=1S/C12H16F3N3OS/c1-18(5-6-20-2)11(19)8-3-4-10(17-16)9(7-8)12(13,14)15/h3-4,7,17H,5-6,16H2,1-2H3. The summed E-state index contributed by atoms with van der Waals surface area (Å²) in [6.07, 6.45) is -2.68. The summed E-state index contributed by atoms with van der Waals surface area (Å²) in [6, 6.07) is 3.29. The van der Waals surface area contributed by atoms with Gasteiger partial charge in [-0.15, -0.1) is 0 Å². The third-order valence-corrected chi connectivity index (χ3v) is 3.30. The van der Waals surface area contributed by atoms with Crippen molar-refractivity contribution in [1.82, 2.24) is 4.90 Å². The van der Waals surface area contributed by atoms with Crippen molar-refractivity contribution < 1.29 is 18.0 Å². The molecule has 3 N–H and O–H groups in total. The lowest BCUT2D eigenvalue weighted by Crippen LogP contribution is -2.29. The SMILES string of the molecule is CSCCN(C)C(=O)c1ccc(NN)c(C(F)(F)F)c1. The van der Waals surface area contributed by atoms with Crippen LogP contribution in [-0.2, 0) is 6.18 Å². The fraction of sp³-hybridized carbons (Fsp3) is 0.417. The van der Waals surface area contributed by atoms with Crippen LogP contribution in [0.4, 0.5) is 18.9 Å². The molecule has 112 valence electrons. The first-order chi connectivity index (χ1) is 9.31. The Balaban J connectivity index is 3.05. The normalized spacial score (nSPS) is 11.3. The van der Waals surface area contributed by atoms with Crippen LogP contribution in [0.3, 0.4) is 0 Å². The third kappa shape index (κ3) is 4.04. The van der Waals surface area contributed by atoms with Gasteiger partial charge in [0.15, 0.2) is 0 Å². The van der Waals surface area contributed by atoms with Crippen LogP contribution in [0.25, 0.3) is 0 Å². The number of benzene rings is 1. The molecule has 0 aromatic heterocycles. The van der Waals surface area contributed by atoms with E-state index in [1.54, 1.807) is 18.8 Å². The van der Waals surface area contributed by atoms with Crippen LogP contribution < -0.4 is 11.3 Å². The lowest BCUT2D eigenvalue weighted by atomic mass is 10.1. The summed E-state index contributed by atoms with van der Waals surface area (Å²) in [5, 5.41) is 0. The van der Waals surface area contributed by atoms with Gasteiger partial charge in [0.2, 0.25) is 0 Å². The maximum absolute atomic E-state index is 12.9. The monoisotopic (exact) mass is 307 g/mol. The molecule has 0 fully saturated rings. The van der Waals surface area contributed by atoms with Gasteiger partial charge in [-0.3, -0.25) is 10.6 Å². The van der Waals surface area contributed by atoms with Crippen LogP contribution >= 0.6 is 11.8 Å². The number of nitrogens with one attached hydrogen (secondary N) is 1. The number of nitrogens with two attached hydrogens (primary N) is 1. The van der Waals surface area contributed by atoms with E-state index in [0.29, 0.717) is 6.54 Å². The zero-order valence-electron chi connectivity index (χ0n) is 11.1. The van der Waals surface area contributed by atoms with Gasteiger partial charge in [-0.25, -0.2) is 0 Å². The van der Waals surface area contributed by atoms with E-state index in [4.69, 9.17) is 5.84 Å². The van der Waals surface area contributed by atoms with Gasteiger partial charge in [0, 0.05) is 24.9 Å². The Morgan fingerprint density at radius 1 is 1.45 bits per heavy atom. The number of rotatable bonds is 5. The Morgan fingerprint density at radius 3 is 2.60 bits per heavy atom. The lowest BCUT2D eigenvalue weighted by Gasteiger charge is -2.18. The van der Waals surface area contributed by atoms with Crippen LogP contribution in [0.1, 0.15) is 15.9 Å². The van der Waals surface area contributed by atoms with Crippen molar-refractivity contribution >= 4 is 23.4 Å². The van der Waals surface area contributed by atoms with Gasteiger partial charge >= 0.3 is 6.18 Å². The molecule has 0 aliphatic carbocycles. The Kier molecular flexibility index (Phi) is 5.70. The summed E-state index contributed by atoms with van der Waals surface area (Å²) < 4.78 is 38.6. The molecule has 0 saturated heterocycles. The Bertz CT molecular complexity index is 480. The van der Waals surface area contributed by atoms with E-state index in [2.05, 4.69) is 0 Å². The van der Waals surface area contributed by atoms with Gasteiger partial charge in [0.05, 0.1) is 11.3 Å². The zero-order valence-corrected chi connectivity index (χ0v) is 11.9. The lowest BCUT2D eigenvalue weighted by molar-refractivity contribution is -0.137. The second-order valence-electron chi connectivity index (χ2n) is 4.12. The van der Waals surface area contributed by atoms with Gasteiger partial charge in [-0.2, -0.15) is 24.9 Å². The third-order valence-electron chi connectivity index (χ3n) is 2.70. The number of nitrogens with zero attached hydrogens (tertiary/aromatic N) is 1. The molecule has 4 nitrogen and oxygen atoms in total. The van der Waals surface area contributed by atoms with E-state index in [1.807, 2.05) is 11.7 Å². The second kappa shape index (κ2) is 6.85. The van der Waals surface area contributed by atoms with Crippen molar-refractivity contribution in [3.05, 3.63) is 29.3 Å². The first-order valence-electron chi connectivity index (χ1n) is 5.73. The zero-order chi connectivity index (χ0) is 15.3. The van der Waals surface area contributed by atoms with E-state index >= 15 is 0 Å². The minimum atomic E-state index is -4.57. The van der Waals surface area contributed by atoms with Crippen molar-refractivity contribution in [3.8, 4) is 0 Å². The molecule has 1 rings (SSSR count). The number of nitrogen functional groups attached to an aromatic ring is 1. The van der Waals surface area contributed by atoms with Gasteiger partial charge in [0.25, 0.3) is 5.91 Å². The molecule has 0 atom stereocenters. The van der Waals surface area contributed by atoms with E-state index in [-0.39, 0.29) is 11.3 Å². The maximum Gasteiger partial charge on any atom is 0.418 e. The summed E-state index contributed by atoms with van der Waals surface area (Å²) in [5.74, 6) is 5.32. The molecule has 0 aliphatic heterocycles. The number of thioether (sulfide) groups is 1. The average molecular weight is 307 g/mol. The Hall–Kier alpha value is -1.41. The number of halogens is 3. The van der Waals surface area contributed by atoms with Crippen molar-refractivity contribution in [2.24, 2.45) is 5.84 Å². The van der Waals surface area contributed by atoms with Crippen LogP contribution in [-0.4, -0.2) is 36.4 Å². The quantitative estimate of drug-likeness (QED) is 0.648.